The van der Waals surface area contributed by atoms with Gasteiger partial charge in [-0.1, -0.05) is 12.1 Å². The third kappa shape index (κ3) is 3.74. The van der Waals surface area contributed by atoms with Crippen LogP contribution in [-0.2, 0) is 0 Å². The molecule has 2 heterocycles. The summed E-state index contributed by atoms with van der Waals surface area (Å²) in [5.74, 6) is 0.601. The van der Waals surface area contributed by atoms with Crippen molar-refractivity contribution in [2.75, 3.05) is 37.6 Å². The lowest BCUT2D eigenvalue weighted by Gasteiger charge is -2.37. The lowest BCUT2D eigenvalue weighted by atomic mass is 9.94. The van der Waals surface area contributed by atoms with Crippen LogP contribution in [0.4, 0.5) is 10.1 Å². The molecular formula is C17H25FN2O. The molecule has 0 bridgehead atoms. The normalized spacial score (nSPS) is 22.7. The van der Waals surface area contributed by atoms with E-state index in [4.69, 9.17) is 0 Å². The maximum Gasteiger partial charge on any atom is 0.146 e. The number of piperidine rings is 2. The lowest BCUT2D eigenvalue weighted by molar-refractivity contribution is 0.0724. The van der Waals surface area contributed by atoms with E-state index in [1.54, 1.807) is 12.1 Å². The summed E-state index contributed by atoms with van der Waals surface area (Å²) in [6, 6.07) is 7.07. The van der Waals surface area contributed by atoms with Crippen LogP contribution in [-0.4, -0.2) is 48.8 Å². The summed E-state index contributed by atoms with van der Waals surface area (Å²) in [7, 11) is 0. The molecule has 1 N–H and O–H groups in total. The second-order valence-corrected chi connectivity index (χ2v) is 6.41. The number of aliphatic hydroxyl groups is 1. The zero-order valence-electron chi connectivity index (χ0n) is 12.5. The molecule has 0 amide bonds. The lowest BCUT2D eigenvalue weighted by Crippen LogP contribution is -2.42. The predicted molar refractivity (Wildman–Crippen MR) is 83.0 cm³/mol. The molecule has 2 fully saturated rings. The van der Waals surface area contributed by atoms with Gasteiger partial charge in [0, 0.05) is 32.7 Å². The van der Waals surface area contributed by atoms with Crippen molar-refractivity contribution in [3.8, 4) is 0 Å². The van der Waals surface area contributed by atoms with Gasteiger partial charge < -0.3 is 14.9 Å². The number of benzene rings is 1. The van der Waals surface area contributed by atoms with Gasteiger partial charge in [0.25, 0.3) is 0 Å². The largest absolute Gasteiger partial charge is 0.393 e. The Morgan fingerprint density at radius 2 is 1.67 bits per heavy atom. The van der Waals surface area contributed by atoms with Gasteiger partial charge in [0.2, 0.25) is 0 Å². The summed E-state index contributed by atoms with van der Waals surface area (Å²) in [5.41, 5.74) is 0.747. The number of hydrogen-bond acceptors (Lipinski definition) is 3. The first kappa shape index (κ1) is 14.8. The molecule has 21 heavy (non-hydrogen) atoms. The van der Waals surface area contributed by atoms with E-state index in [-0.39, 0.29) is 11.9 Å². The van der Waals surface area contributed by atoms with Crippen molar-refractivity contribution in [2.45, 2.75) is 31.8 Å². The van der Waals surface area contributed by atoms with Gasteiger partial charge in [0.1, 0.15) is 5.82 Å². The molecule has 0 aliphatic carbocycles. The molecular weight excluding hydrogens is 267 g/mol. The molecule has 1 aromatic carbocycles. The Balaban J connectivity index is 1.48. The Bertz CT molecular complexity index is 452. The Morgan fingerprint density at radius 1 is 1.00 bits per heavy atom. The molecule has 0 saturated carbocycles. The van der Waals surface area contributed by atoms with E-state index in [0.29, 0.717) is 5.92 Å². The average molecular weight is 292 g/mol. The molecule has 3 nitrogen and oxygen atoms in total. The maximum atomic E-state index is 13.8. The molecule has 1 aromatic rings. The number of aliphatic hydroxyl groups excluding tert-OH is 1. The topological polar surface area (TPSA) is 26.7 Å². The molecule has 2 aliphatic heterocycles. The molecule has 116 valence electrons. The minimum atomic E-state index is -0.110. The monoisotopic (exact) mass is 292 g/mol. The Hall–Kier alpha value is -1.13. The fraction of sp³-hybridized carbons (Fsp3) is 0.647. The van der Waals surface area contributed by atoms with Gasteiger partial charge in [-0.05, 0) is 43.7 Å². The zero-order chi connectivity index (χ0) is 14.7. The molecule has 0 radical (unpaired) electrons. The van der Waals surface area contributed by atoms with E-state index in [0.717, 1.165) is 64.1 Å². The van der Waals surface area contributed by atoms with E-state index in [1.165, 1.54) is 0 Å². The standard InChI is InChI=1S/C17H25FN2O/c18-16-3-1-2-4-17(16)20-11-5-14(6-12-20)13-19-9-7-15(21)8-10-19/h1-4,14-15,21H,5-13H2. The number of likely N-dealkylation sites (tertiary alicyclic amines) is 1. The molecule has 3 rings (SSSR count). The second kappa shape index (κ2) is 6.75. The van der Waals surface area contributed by atoms with E-state index < -0.39 is 0 Å². The van der Waals surface area contributed by atoms with Crippen LogP contribution in [0.15, 0.2) is 24.3 Å². The van der Waals surface area contributed by atoms with Crippen LogP contribution < -0.4 is 4.90 Å². The second-order valence-electron chi connectivity index (χ2n) is 6.41. The van der Waals surface area contributed by atoms with Gasteiger partial charge in [-0.2, -0.15) is 0 Å². The number of halogens is 1. The van der Waals surface area contributed by atoms with Crippen molar-refractivity contribution in [1.82, 2.24) is 4.90 Å². The molecule has 0 aromatic heterocycles. The summed E-state index contributed by atoms with van der Waals surface area (Å²) in [4.78, 5) is 4.65. The highest BCUT2D eigenvalue weighted by Gasteiger charge is 2.24. The molecule has 2 aliphatic rings. The van der Waals surface area contributed by atoms with Crippen LogP contribution in [0.3, 0.4) is 0 Å². The van der Waals surface area contributed by atoms with Gasteiger partial charge in [-0.3, -0.25) is 0 Å². The van der Waals surface area contributed by atoms with Gasteiger partial charge >= 0.3 is 0 Å². The quantitative estimate of drug-likeness (QED) is 0.927. The molecule has 0 unspecified atom stereocenters. The van der Waals surface area contributed by atoms with Crippen molar-refractivity contribution in [1.29, 1.82) is 0 Å². The van der Waals surface area contributed by atoms with Crippen molar-refractivity contribution < 1.29 is 9.50 Å². The van der Waals surface area contributed by atoms with Crippen molar-refractivity contribution >= 4 is 5.69 Å². The zero-order valence-corrected chi connectivity index (χ0v) is 12.5. The van der Waals surface area contributed by atoms with Crippen molar-refractivity contribution in [2.24, 2.45) is 5.92 Å². The van der Waals surface area contributed by atoms with E-state index in [2.05, 4.69) is 9.80 Å². The third-order valence-electron chi connectivity index (χ3n) is 4.88. The highest BCUT2D eigenvalue weighted by Crippen LogP contribution is 2.26. The van der Waals surface area contributed by atoms with E-state index >= 15 is 0 Å². The molecule has 2 saturated heterocycles. The highest BCUT2D eigenvalue weighted by molar-refractivity contribution is 5.47. The highest BCUT2D eigenvalue weighted by atomic mass is 19.1. The Labute approximate surface area is 126 Å². The van der Waals surface area contributed by atoms with Crippen LogP contribution in [0.1, 0.15) is 25.7 Å². The SMILES string of the molecule is OC1CCN(CC2CCN(c3ccccc3F)CC2)CC1. The van der Waals surface area contributed by atoms with E-state index in [9.17, 15) is 9.50 Å². The van der Waals surface area contributed by atoms with Crippen LogP contribution in [0, 0.1) is 11.7 Å². The third-order valence-corrected chi connectivity index (χ3v) is 4.88. The number of para-hydroxylation sites is 1. The minimum Gasteiger partial charge on any atom is -0.393 e. The van der Waals surface area contributed by atoms with E-state index in [1.807, 2.05) is 12.1 Å². The van der Waals surface area contributed by atoms with Gasteiger partial charge in [-0.25, -0.2) is 4.39 Å². The van der Waals surface area contributed by atoms with Crippen LogP contribution >= 0.6 is 0 Å². The number of anilines is 1. The molecule has 4 heteroatoms. The summed E-state index contributed by atoms with van der Waals surface area (Å²) in [6.45, 7) is 5.07. The smallest absolute Gasteiger partial charge is 0.146 e. The minimum absolute atomic E-state index is 0.0934. The number of nitrogens with zero attached hydrogens (tertiary/aromatic N) is 2. The first-order valence-corrected chi connectivity index (χ1v) is 8.12. The summed E-state index contributed by atoms with van der Waals surface area (Å²) in [6.07, 6.45) is 3.99. The van der Waals surface area contributed by atoms with Crippen molar-refractivity contribution in [3.05, 3.63) is 30.1 Å². The number of rotatable bonds is 3. The fourth-order valence-corrected chi connectivity index (χ4v) is 3.53. The van der Waals surface area contributed by atoms with Crippen LogP contribution in [0.5, 0.6) is 0 Å². The summed E-state index contributed by atoms with van der Waals surface area (Å²) < 4.78 is 13.8. The predicted octanol–water partition coefficient (Wildman–Crippen LogP) is 2.50. The van der Waals surface area contributed by atoms with Gasteiger partial charge in [0.05, 0.1) is 11.8 Å². The Kier molecular flexibility index (Phi) is 4.76. The van der Waals surface area contributed by atoms with Crippen LogP contribution in [0.25, 0.3) is 0 Å². The van der Waals surface area contributed by atoms with Crippen molar-refractivity contribution in [3.63, 3.8) is 0 Å². The average Bonchev–Trinajstić information content (AvgIpc) is 2.51. The first-order valence-electron chi connectivity index (χ1n) is 8.12. The summed E-state index contributed by atoms with van der Waals surface area (Å²) >= 11 is 0. The summed E-state index contributed by atoms with van der Waals surface area (Å²) in [5, 5.41) is 9.55. The Morgan fingerprint density at radius 3 is 2.33 bits per heavy atom. The number of hydrogen-bond donors (Lipinski definition) is 1. The molecule has 0 atom stereocenters. The van der Waals surface area contributed by atoms with Gasteiger partial charge in [-0.15, -0.1) is 0 Å². The first-order chi connectivity index (χ1) is 10.2. The molecule has 0 spiro atoms. The maximum absolute atomic E-state index is 13.8. The fourth-order valence-electron chi connectivity index (χ4n) is 3.53. The van der Waals surface area contributed by atoms with Gasteiger partial charge in [0.15, 0.2) is 0 Å². The van der Waals surface area contributed by atoms with Crippen LogP contribution in [0.2, 0.25) is 0 Å².